The Kier molecular flexibility index (Phi) is 6.63. The molecule has 0 aliphatic rings. The maximum absolute atomic E-state index is 14.3. The molecule has 0 aliphatic heterocycles. The molecular formula is C24H22FN3O4. The van der Waals surface area contributed by atoms with E-state index in [0.717, 1.165) is 22.1 Å². The number of likely N-dealkylation sites (N-methyl/N-ethyl adjacent to an activating group) is 1. The number of carbonyl (C=O) groups is 2. The molecule has 0 spiro atoms. The number of nitrogens with one attached hydrogen (secondary N) is 1. The van der Waals surface area contributed by atoms with Gasteiger partial charge in [-0.25, -0.2) is 4.39 Å². The molecular weight excluding hydrogens is 413 g/mol. The van der Waals surface area contributed by atoms with Gasteiger partial charge >= 0.3 is 0 Å². The van der Waals surface area contributed by atoms with E-state index in [1.807, 2.05) is 32.0 Å². The number of nitro groups is 1. The van der Waals surface area contributed by atoms with E-state index in [9.17, 15) is 24.1 Å². The molecule has 3 aromatic carbocycles. The minimum absolute atomic E-state index is 0.0217. The fraction of sp³-hybridized carbons (Fsp3) is 0.167. The Hall–Kier alpha value is -4.07. The number of nitro benzene ring substituents is 1. The molecule has 8 heteroatoms. The molecule has 0 saturated heterocycles. The Balaban J connectivity index is 2.10. The van der Waals surface area contributed by atoms with Crippen LogP contribution in [-0.2, 0) is 4.79 Å². The second-order valence-electron chi connectivity index (χ2n) is 7.37. The van der Waals surface area contributed by atoms with Gasteiger partial charge in [0.1, 0.15) is 11.9 Å². The minimum Gasteiger partial charge on any atom is -0.325 e. The Morgan fingerprint density at radius 1 is 0.969 bits per heavy atom. The second kappa shape index (κ2) is 9.38. The van der Waals surface area contributed by atoms with Gasteiger partial charge in [0.05, 0.1) is 16.1 Å². The average molecular weight is 435 g/mol. The van der Waals surface area contributed by atoms with Gasteiger partial charge in [0, 0.05) is 18.8 Å². The standard InChI is InChI=1S/C24H22FN3O4/c1-15-9-8-10-16(2)21(15)26-23(29)22(18-12-5-7-14-20(18)28(31)32)27(3)24(30)17-11-4-6-13-19(17)25/h4-14,22H,1-3H3,(H,26,29). The van der Waals surface area contributed by atoms with Gasteiger partial charge in [-0.05, 0) is 43.2 Å². The number of halogens is 1. The van der Waals surface area contributed by atoms with E-state index in [2.05, 4.69) is 5.32 Å². The molecule has 1 N–H and O–H groups in total. The second-order valence-corrected chi connectivity index (χ2v) is 7.37. The average Bonchev–Trinajstić information content (AvgIpc) is 2.76. The minimum atomic E-state index is -1.37. The molecule has 0 radical (unpaired) electrons. The molecule has 32 heavy (non-hydrogen) atoms. The highest BCUT2D eigenvalue weighted by atomic mass is 19.1. The van der Waals surface area contributed by atoms with Crippen LogP contribution < -0.4 is 5.32 Å². The van der Waals surface area contributed by atoms with E-state index in [-0.39, 0.29) is 16.8 Å². The van der Waals surface area contributed by atoms with Crippen molar-refractivity contribution in [1.29, 1.82) is 0 Å². The molecule has 0 heterocycles. The van der Waals surface area contributed by atoms with Crippen molar-refractivity contribution in [3.63, 3.8) is 0 Å². The lowest BCUT2D eigenvalue weighted by molar-refractivity contribution is -0.385. The van der Waals surface area contributed by atoms with Crippen LogP contribution in [0.4, 0.5) is 15.8 Å². The number of carbonyl (C=O) groups excluding carboxylic acids is 2. The predicted molar refractivity (Wildman–Crippen MR) is 119 cm³/mol. The molecule has 0 bridgehead atoms. The molecule has 7 nitrogen and oxygen atoms in total. The largest absolute Gasteiger partial charge is 0.325 e. The smallest absolute Gasteiger partial charge is 0.275 e. The Morgan fingerprint density at radius 2 is 1.56 bits per heavy atom. The van der Waals surface area contributed by atoms with E-state index >= 15 is 0 Å². The summed E-state index contributed by atoms with van der Waals surface area (Å²) in [6, 6.07) is 15.2. The quantitative estimate of drug-likeness (QED) is 0.445. The monoisotopic (exact) mass is 435 g/mol. The summed E-state index contributed by atoms with van der Waals surface area (Å²) >= 11 is 0. The van der Waals surface area contributed by atoms with Crippen LogP contribution in [0.15, 0.2) is 66.7 Å². The first-order valence-corrected chi connectivity index (χ1v) is 9.84. The molecule has 0 saturated carbocycles. The molecule has 3 aromatic rings. The van der Waals surface area contributed by atoms with Crippen LogP contribution >= 0.6 is 0 Å². The number of hydrogen-bond acceptors (Lipinski definition) is 4. The van der Waals surface area contributed by atoms with Gasteiger partial charge < -0.3 is 10.2 Å². The summed E-state index contributed by atoms with van der Waals surface area (Å²) in [5.41, 5.74) is 1.60. The van der Waals surface area contributed by atoms with Gasteiger partial charge in [-0.1, -0.05) is 42.5 Å². The highest BCUT2D eigenvalue weighted by molar-refractivity contribution is 6.02. The molecule has 164 valence electrons. The van der Waals surface area contributed by atoms with Crippen molar-refractivity contribution in [2.24, 2.45) is 0 Å². The molecule has 1 unspecified atom stereocenters. The lowest BCUT2D eigenvalue weighted by atomic mass is 10.0. The lowest BCUT2D eigenvalue weighted by Gasteiger charge is -2.28. The van der Waals surface area contributed by atoms with Gasteiger partial charge in [-0.15, -0.1) is 0 Å². The van der Waals surface area contributed by atoms with Gasteiger partial charge in [0.15, 0.2) is 0 Å². The first-order valence-electron chi connectivity index (χ1n) is 9.84. The van der Waals surface area contributed by atoms with Crippen molar-refractivity contribution in [2.75, 3.05) is 12.4 Å². The van der Waals surface area contributed by atoms with Gasteiger partial charge in [0.25, 0.3) is 17.5 Å². The summed E-state index contributed by atoms with van der Waals surface area (Å²) in [7, 11) is 1.32. The Bertz CT molecular complexity index is 1180. The topological polar surface area (TPSA) is 92.5 Å². The number of benzene rings is 3. The number of para-hydroxylation sites is 2. The molecule has 3 rings (SSSR count). The molecule has 2 amide bonds. The van der Waals surface area contributed by atoms with Crippen LogP contribution in [0.2, 0.25) is 0 Å². The van der Waals surface area contributed by atoms with Gasteiger partial charge in [-0.2, -0.15) is 0 Å². The Labute approximate surface area is 184 Å². The van der Waals surface area contributed by atoms with Crippen molar-refractivity contribution in [1.82, 2.24) is 4.90 Å². The zero-order chi connectivity index (χ0) is 23.4. The van der Waals surface area contributed by atoms with Gasteiger partial charge in [0.2, 0.25) is 0 Å². The predicted octanol–water partition coefficient (Wildman–Crippen LogP) is 4.80. The third kappa shape index (κ3) is 4.49. The summed E-state index contributed by atoms with van der Waals surface area (Å²) in [4.78, 5) is 38.6. The van der Waals surface area contributed by atoms with Crippen molar-refractivity contribution in [3.05, 3.63) is 105 Å². The van der Waals surface area contributed by atoms with Crippen molar-refractivity contribution in [3.8, 4) is 0 Å². The van der Waals surface area contributed by atoms with Gasteiger partial charge in [-0.3, -0.25) is 19.7 Å². The maximum Gasteiger partial charge on any atom is 0.275 e. The van der Waals surface area contributed by atoms with Crippen molar-refractivity contribution < 1.29 is 18.9 Å². The number of nitrogens with zero attached hydrogens (tertiary/aromatic N) is 2. The zero-order valence-corrected chi connectivity index (χ0v) is 17.8. The van der Waals surface area contributed by atoms with E-state index < -0.39 is 28.6 Å². The van der Waals surface area contributed by atoms with Crippen LogP contribution in [0.25, 0.3) is 0 Å². The summed E-state index contributed by atoms with van der Waals surface area (Å²) in [6.45, 7) is 3.63. The van der Waals surface area contributed by atoms with E-state index in [1.54, 1.807) is 6.07 Å². The number of rotatable bonds is 6. The lowest BCUT2D eigenvalue weighted by Crippen LogP contribution is -2.39. The summed E-state index contributed by atoms with van der Waals surface area (Å²) in [5, 5.41) is 14.4. The first-order chi connectivity index (χ1) is 15.2. The molecule has 0 aromatic heterocycles. The first kappa shape index (κ1) is 22.6. The van der Waals surface area contributed by atoms with Crippen LogP contribution in [0, 0.1) is 29.8 Å². The third-order valence-corrected chi connectivity index (χ3v) is 5.22. The molecule has 0 aliphatic carbocycles. The maximum atomic E-state index is 14.3. The van der Waals surface area contributed by atoms with Crippen LogP contribution in [-0.4, -0.2) is 28.7 Å². The van der Waals surface area contributed by atoms with E-state index in [0.29, 0.717) is 5.69 Å². The summed E-state index contributed by atoms with van der Waals surface area (Å²) in [6.07, 6.45) is 0. The third-order valence-electron chi connectivity index (χ3n) is 5.22. The highest BCUT2D eigenvalue weighted by Crippen LogP contribution is 2.32. The number of hydrogen-bond donors (Lipinski definition) is 1. The van der Waals surface area contributed by atoms with Crippen LogP contribution in [0.3, 0.4) is 0 Å². The van der Waals surface area contributed by atoms with Crippen molar-refractivity contribution >= 4 is 23.2 Å². The fourth-order valence-corrected chi connectivity index (χ4v) is 3.56. The normalized spacial score (nSPS) is 11.5. The Morgan fingerprint density at radius 3 is 2.19 bits per heavy atom. The molecule has 1 atom stereocenters. The van der Waals surface area contributed by atoms with Crippen LogP contribution in [0.5, 0.6) is 0 Å². The van der Waals surface area contributed by atoms with E-state index in [4.69, 9.17) is 0 Å². The van der Waals surface area contributed by atoms with Crippen molar-refractivity contribution in [2.45, 2.75) is 19.9 Å². The number of anilines is 1. The zero-order valence-electron chi connectivity index (χ0n) is 17.8. The SMILES string of the molecule is Cc1cccc(C)c1NC(=O)C(c1ccccc1[N+](=O)[O-])N(C)C(=O)c1ccccc1F. The fourth-order valence-electron chi connectivity index (χ4n) is 3.56. The van der Waals surface area contributed by atoms with Crippen LogP contribution in [0.1, 0.15) is 33.1 Å². The number of aryl methyl sites for hydroxylation is 2. The molecule has 0 fully saturated rings. The highest BCUT2D eigenvalue weighted by Gasteiger charge is 2.35. The summed E-state index contributed by atoms with van der Waals surface area (Å²) < 4.78 is 14.3. The summed E-state index contributed by atoms with van der Waals surface area (Å²) in [5.74, 6) is -2.17. The number of amides is 2. The van der Waals surface area contributed by atoms with E-state index in [1.165, 1.54) is 43.4 Å².